The number of hydrogen-bond donors (Lipinski definition) is 1. The molecule has 21 heavy (non-hydrogen) atoms. The van der Waals surface area contributed by atoms with Crippen molar-refractivity contribution in [2.24, 2.45) is 7.05 Å². The van der Waals surface area contributed by atoms with Crippen molar-refractivity contribution in [3.05, 3.63) is 36.5 Å². The summed E-state index contributed by atoms with van der Waals surface area (Å²) in [5.41, 5.74) is 8.01. The fourth-order valence-corrected chi connectivity index (χ4v) is 2.90. The average Bonchev–Trinajstić information content (AvgIpc) is 2.75. The van der Waals surface area contributed by atoms with Crippen LogP contribution in [-0.4, -0.2) is 29.2 Å². The van der Waals surface area contributed by atoms with E-state index in [2.05, 4.69) is 9.97 Å². The molecule has 0 aliphatic carbocycles. The number of aromatic nitrogens is 3. The topological polar surface area (TPSA) is 90.9 Å². The van der Waals surface area contributed by atoms with Gasteiger partial charge in [0.1, 0.15) is 11.6 Å². The van der Waals surface area contributed by atoms with Crippen molar-refractivity contribution < 1.29 is 8.42 Å². The lowest BCUT2D eigenvalue weighted by atomic mass is 10.2. The second kappa shape index (κ2) is 4.56. The molecule has 108 valence electrons. The molecule has 2 heterocycles. The minimum absolute atomic E-state index is 0.258. The molecule has 3 aromatic rings. The standard InChI is InChI=1S/C14H14N4O2S/c1-18-12-4-3-10(21(2,19)20)8-11(12)17-14(18)9-5-6-16-13(15)7-9/h3-8H,1-2H3,(H2,15,16). The highest BCUT2D eigenvalue weighted by atomic mass is 32.2. The summed E-state index contributed by atoms with van der Waals surface area (Å²) in [6, 6.07) is 8.48. The third kappa shape index (κ3) is 2.36. The van der Waals surface area contributed by atoms with E-state index < -0.39 is 9.84 Å². The second-order valence-corrected chi connectivity index (χ2v) is 6.90. The van der Waals surface area contributed by atoms with Crippen LogP contribution in [-0.2, 0) is 16.9 Å². The molecule has 0 fully saturated rings. The molecule has 0 saturated heterocycles. The van der Waals surface area contributed by atoms with Crippen LogP contribution in [0.2, 0.25) is 0 Å². The highest BCUT2D eigenvalue weighted by Crippen LogP contribution is 2.26. The van der Waals surface area contributed by atoms with Crippen molar-refractivity contribution in [2.45, 2.75) is 4.90 Å². The zero-order chi connectivity index (χ0) is 15.2. The Bertz CT molecular complexity index is 945. The SMILES string of the molecule is Cn1c(-c2ccnc(N)c2)nc2cc(S(C)(=O)=O)ccc21. The number of sulfone groups is 1. The predicted molar refractivity (Wildman–Crippen MR) is 81.5 cm³/mol. The lowest BCUT2D eigenvalue weighted by molar-refractivity contribution is 0.602. The summed E-state index contributed by atoms with van der Waals surface area (Å²) >= 11 is 0. The molecule has 0 aliphatic heterocycles. The number of rotatable bonds is 2. The van der Waals surface area contributed by atoms with E-state index in [1.807, 2.05) is 17.7 Å². The van der Waals surface area contributed by atoms with Crippen LogP contribution in [0.15, 0.2) is 41.4 Å². The number of hydrogen-bond acceptors (Lipinski definition) is 5. The lowest BCUT2D eigenvalue weighted by Gasteiger charge is -2.03. The first-order valence-electron chi connectivity index (χ1n) is 6.25. The summed E-state index contributed by atoms with van der Waals surface area (Å²) in [6.45, 7) is 0. The number of nitrogen functional groups attached to an aromatic ring is 1. The van der Waals surface area contributed by atoms with Gasteiger partial charge in [-0.05, 0) is 30.3 Å². The molecule has 0 aliphatic rings. The first-order valence-corrected chi connectivity index (χ1v) is 8.14. The number of anilines is 1. The summed E-state index contributed by atoms with van der Waals surface area (Å²) in [5.74, 6) is 1.13. The van der Waals surface area contributed by atoms with E-state index in [1.54, 1.807) is 30.5 Å². The third-order valence-corrected chi connectivity index (χ3v) is 4.43. The molecule has 0 saturated carbocycles. The van der Waals surface area contributed by atoms with Gasteiger partial charge in [0.2, 0.25) is 0 Å². The smallest absolute Gasteiger partial charge is 0.175 e. The Balaban J connectivity index is 2.24. The Morgan fingerprint density at radius 1 is 1.19 bits per heavy atom. The van der Waals surface area contributed by atoms with Gasteiger partial charge in [-0.3, -0.25) is 0 Å². The van der Waals surface area contributed by atoms with Gasteiger partial charge >= 0.3 is 0 Å². The van der Waals surface area contributed by atoms with Gasteiger partial charge in [0.25, 0.3) is 0 Å². The van der Waals surface area contributed by atoms with Crippen LogP contribution in [0.25, 0.3) is 22.4 Å². The van der Waals surface area contributed by atoms with E-state index >= 15 is 0 Å². The van der Waals surface area contributed by atoms with E-state index in [4.69, 9.17) is 5.73 Å². The largest absolute Gasteiger partial charge is 0.384 e. The van der Waals surface area contributed by atoms with E-state index in [0.717, 1.165) is 11.1 Å². The number of nitrogens with zero attached hydrogens (tertiary/aromatic N) is 3. The summed E-state index contributed by atoms with van der Waals surface area (Å²) in [7, 11) is -1.37. The lowest BCUT2D eigenvalue weighted by Crippen LogP contribution is -1.97. The van der Waals surface area contributed by atoms with Gasteiger partial charge in [-0.2, -0.15) is 0 Å². The molecule has 3 rings (SSSR count). The molecule has 6 nitrogen and oxygen atoms in total. The number of benzene rings is 1. The Kier molecular flexibility index (Phi) is 2.94. The Morgan fingerprint density at radius 3 is 2.62 bits per heavy atom. The number of imidazole rings is 1. The molecule has 0 bridgehead atoms. The van der Waals surface area contributed by atoms with Gasteiger partial charge in [-0.1, -0.05) is 0 Å². The maximum Gasteiger partial charge on any atom is 0.175 e. The van der Waals surface area contributed by atoms with Gasteiger partial charge in [0.05, 0.1) is 15.9 Å². The maximum absolute atomic E-state index is 11.6. The van der Waals surface area contributed by atoms with Crippen LogP contribution >= 0.6 is 0 Å². The molecule has 0 radical (unpaired) electrons. The maximum atomic E-state index is 11.6. The summed E-state index contributed by atoms with van der Waals surface area (Å²) in [5, 5.41) is 0. The molecule has 0 amide bonds. The fourth-order valence-electron chi connectivity index (χ4n) is 2.26. The Morgan fingerprint density at radius 2 is 1.95 bits per heavy atom. The normalized spacial score (nSPS) is 11.9. The molecular weight excluding hydrogens is 288 g/mol. The van der Waals surface area contributed by atoms with Crippen LogP contribution in [0.1, 0.15) is 0 Å². The third-order valence-electron chi connectivity index (χ3n) is 3.32. The van der Waals surface area contributed by atoms with Gasteiger partial charge < -0.3 is 10.3 Å². The van der Waals surface area contributed by atoms with E-state index in [0.29, 0.717) is 17.2 Å². The zero-order valence-electron chi connectivity index (χ0n) is 11.6. The van der Waals surface area contributed by atoms with Crippen molar-refractivity contribution in [2.75, 3.05) is 12.0 Å². The minimum Gasteiger partial charge on any atom is -0.384 e. The Labute approximate surface area is 122 Å². The number of aryl methyl sites for hydroxylation is 1. The van der Waals surface area contributed by atoms with Crippen LogP contribution in [0.4, 0.5) is 5.82 Å². The highest BCUT2D eigenvalue weighted by Gasteiger charge is 2.13. The molecule has 2 N–H and O–H groups in total. The fraction of sp³-hybridized carbons (Fsp3) is 0.143. The predicted octanol–water partition coefficient (Wildman–Crippen LogP) is 1.62. The second-order valence-electron chi connectivity index (χ2n) is 4.89. The summed E-state index contributed by atoms with van der Waals surface area (Å²) < 4.78 is 25.1. The van der Waals surface area contributed by atoms with E-state index in [1.165, 1.54) is 6.26 Å². The quantitative estimate of drug-likeness (QED) is 0.776. The minimum atomic E-state index is -3.25. The van der Waals surface area contributed by atoms with Gasteiger partial charge in [-0.15, -0.1) is 0 Å². The van der Waals surface area contributed by atoms with Crippen LogP contribution in [0, 0.1) is 0 Å². The monoisotopic (exact) mass is 302 g/mol. The molecule has 0 spiro atoms. The van der Waals surface area contributed by atoms with E-state index in [9.17, 15) is 8.42 Å². The first kappa shape index (κ1) is 13.6. The summed E-state index contributed by atoms with van der Waals surface area (Å²) in [6.07, 6.45) is 2.80. The molecular formula is C14H14N4O2S. The Hall–Kier alpha value is -2.41. The molecule has 7 heteroatoms. The number of pyridine rings is 1. The van der Waals surface area contributed by atoms with Crippen LogP contribution in [0.5, 0.6) is 0 Å². The molecule has 0 atom stereocenters. The van der Waals surface area contributed by atoms with Crippen molar-refractivity contribution in [1.29, 1.82) is 0 Å². The number of nitrogens with two attached hydrogens (primary N) is 1. The molecule has 0 unspecified atom stereocenters. The van der Waals surface area contributed by atoms with Crippen molar-refractivity contribution >= 4 is 26.7 Å². The van der Waals surface area contributed by atoms with Crippen LogP contribution in [0.3, 0.4) is 0 Å². The first-order chi connectivity index (χ1) is 9.86. The van der Waals surface area contributed by atoms with Crippen molar-refractivity contribution in [1.82, 2.24) is 14.5 Å². The molecule has 2 aromatic heterocycles. The average molecular weight is 302 g/mol. The van der Waals surface area contributed by atoms with Gasteiger partial charge in [-0.25, -0.2) is 18.4 Å². The van der Waals surface area contributed by atoms with E-state index in [-0.39, 0.29) is 4.90 Å². The van der Waals surface area contributed by atoms with Crippen molar-refractivity contribution in [3.8, 4) is 11.4 Å². The zero-order valence-corrected chi connectivity index (χ0v) is 12.4. The van der Waals surface area contributed by atoms with Crippen molar-refractivity contribution in [3.63, 3.8) is 0 Å². The highest BCUT2D eigenvalue weighted by molar-refractivity contribution is 7.90. The van der Waals surface area contributed by atoms with Gasteiger partial charge in [0, 0.05) is 25.1 Å². The van der Waals surface area contributed by atoms with Gasteiger partial charge in [0.15, 0.2) is 9.84 Å². The molecule has 1 aromatic carbocycles. The number of fused-ring (bicyclic) bond motifs is 1. The van der Waals surface area contributed by atoms with Crippen LogP contribution < -0.4 is 5.73 Å². The summed E-state index contributed by atoms with van der Waals surface area (Å²) in [4.78, 5) is 8.73.